The maximum atomic E-state index is 2.31. The van der Waals surface area contributed by atoms with Gasteiger partial charge >= 0.3 is 0 Å². The minimum atomic E-state index is 1.05. The zero-order valence-corrected chi connectivity index (χ0v) is 14.8. The van der Waals surface area contributed by atoms with E-state index < -0.39 is 0 Å². The molecule has 0 spiro atoms. The first-order valence-corrected chi connectivity index (χ1v) is 8.08. The highest BCUT2D eigenvalue weighted by Crippen LogP contribution is 2.32. The van der Waals surface area contributed by atoms with Crippen LogP contribution in [0.2, 0.25) is 0 Å². The van der Waals surface area contributed by atoms with Gasteiger partial charge in [-0.05, 0) is 59.4 Å². The first-order chi connectivity index (χ1) is 10.5. The van der Waals surface area contributed by atoms with Gasteiger partial charge in [0.25, 0.3) is 0 Å². The Morgan fingerprint density at radius 3 is 1.27 bits per heavy atom. The third-order valence-corrected chi connectivity index (χ3v) is 4.26. The van der Waals surface area contributed by atoms with E-state index in [4.69, 9.17) is 0 Å². The first kappa shape index (κ1) is 16.4. The van der Waals surface area contributed by atoms with E-state index in [1.807, 2.05) is 0 Å². The number of aryl methyl sites for hydroxylation is 2. The Kier molecular flexibility index (Phi) is 5.12. The molecule has 0 aliphatic rings. The van der Waals surface area contributed by atoms with Gasteiger partial charge < -0.3 is 9.80 Å². The van der Waals surface area contributed by atoms with Gasteiger partial charge in [-0.1, -0.05) is 26.0 Å². The third kappa shape index (κ3) is 3.27. The van der Waals surface area contributed by atoms with Crippen molar-refractivity contribution < 1.29 is 0 Å². The fourth-order valence-corrected chi connectivity index (χ4v) is 2.83. The summed E-state index contributed by atoms with van der Waals surface area (Å²) in [6, 6.07) is 13.6. The molecule has 0 aliphatic carbocycles. The van der Waals surface area contributed by atoms with Crippen molar-refractivity contribution in [1.29, 1.82) is 0 Å². The Hall–Kier alpha value is -1.96. The highest BCUT2D eigenvalue weighted by Gasteiger charge is 2.11. The zero-order chi connectivity index (χ0) is 16.3. The fourth-order valence-electron chi connectivity index (χ4n) is 2.83. The van der Waals surface area contributed by atoms with E-state index in [1.165, 1.54) is 33.6 Å². The lowest BCUT2D eigenvalue weighted by Gasteiger charge is -2.20. The first-order valence-electron chi connectivity index (χ1n) is 8.08. The standard InChI is InChI=1S/C20H28N2/c1-7-15-13-17(21(3)4)9-11-19(15)20-12-10-18(22(5)6)14-16(20)8-2/h9-14H,7-8H2,1-6H3. The number of benzene rings is 2. The molecule has 0 amide bonds. The predicted octanol–water partition coefficient (Wildman–Crippen LogP) is 4.61. The third-order valence-electron chi connectivity index (χ3n) is 4.26. The molecular weight excluding hydrogens is 268 g/mol. The molecule has 22 heavy (non-hydrogen) atoms. The molecule has 0 unspecified atom stereocenters. The molecular formula is C20H28N2. The van der Waals surface area contributed by atoms with Gasteiger partial charge in [0.15, 0.2) is 0 Å². The van der Waals surface area contributed by atoms with Crippen LogP contribution < -0.4 is 9.80 Å². The molecule has 0 fully saturated rings. The monoisotopic (exact) mass is 296 g/mol. The Morgan fingerprint density at radius 1 is 0.636 bits per heavy atom. The molecule has 2 aromatic rings. The van der Waals surface area contributed by atoms with Crippen molar-refractivity contribution in [1.82, 2.24) is 0 Å². The Balaban J connectivity index is 2.56. The average molecular weight is 296 g/mol. The summed E-state index contributed by atoms with van der Waals surface area (Å²) < 4.78 is 0. The van der Waals surface area contributed by atoms with Crippen LogP contribution >= 0.6 is 0 Å². The Bertz CT molecular complexity index is 585. The van der Waals surface area contributed by atoms with Crippen LogP contribution in [0.5, 0.6) is 0 Å². The largest absolute Gasteiger partial charge is 0.378 e. The number of hydrogen-bond donors (Lipinski definition) is 0. The number of nitrogens with zero attached hydrogens (tertiary/aromatic N) is 2. The fraction of sp³-hybridized carbons (Fsp3) is 0.400. The van der Waals surface area contributed by atoms with Crippen LogP contribution in [-0.2, 0) is 12.8 Å². The van der Waals surface area contributed by atoms with Gasteiger partial charge in [0, 0.05) is 39.6 Å². The maximum absolute atomic E-state index is 2.31. The van der Waals surface area contributed by atoms with E-state index >= 15 is 0 Å². The summed E-state index contributed by atoms with van der Waals surface area (Å²) in [6.45, 7) is 4.47. The molecule has 0 atom stereocenters. The second-order valence-corrected chi connectivity index (χ2v) is 6.18. The molecule has 2 rings (SSSR count). The van der Waals surface area contributed by atoms with Crippen LogP contribution in [0.15, 0.2) is 36.4 Å². The number of anilines is 2. The molecule has 0 saturated heterocycles. The lowest BCUT2D eigenvalue weighted by molar-refractivity contribution is 1.08. The molecule has 2 aromatic carbocycles. The molecule has 0 bridgehead atoms. The summed E-state index contributed by atoms with van der Waals surface area (Å²) in [4.78, 5) is 4.33. The summed E-state index contributed by atoms with van der Waals surface area (Å²) in [7, 11) is 8.38. The molecule has 0 aromatic heterocycles. The molecule has 2 heteroatoms. The van der Waals surface area contributed by atoms with E-state index in [1.54, 1.807) is 0 Å². The van der Waals surface area contributed by atoms with Crippen LogP contribution in [0, 0.1) is 0 Å². The Morgan fingerprint density at radius 2 is 1.00 bits per heavy atom. The molecule has 0 aliphatic heterocycles. The van der Waals surface area contributed by atoms with Gasteiger partial charge in [-0.15, -0.1) is 0 Å². The van der Waals surface area contributed by atoms with Crippen LogP contribution in [0.4, 0.5) is 11.4 Å². The van der Waals surface area contributed by atoms with E-state index in [0.717, 1.165) is 12.8 Å². The van der Waals surface area contributed by atoms with Crippen molar-refractivity contribution in [3.63, 3.8) is 0 Å². The number of hydrogen-bond acceptors (Lipinski definition) is 2. The molecule has 0 saturated carbocycles. The van der Waals surface area contributed by atoms with E-state index in [-0.39, 0.29) is 0 Å². The predicted molar refractivity (Wildman–Crippen MR) is 99.3 cm³/mol. The second-order valence-electron chi connectivity index (χ2n) is 6.18. The van der Waals surface area contributed by atoms with Crippen LogP contribution in [0.25, 0.3) is 11.1 Å². The van der Waals surface area contributed by atoms with Crippen LogP contribution in [-0.4, -0.2) is 28.2 Å². The number of rotatable bonds is 5. The lowest BCUT2D eigenvalue weighted by atomic mass is 9.92. The zero-order valence-electron chi connectivity index (χ0n) is 14.8. The van der Waals surface area contributed by atoms with Crippen molar-refractivity contribution >= 4 is 11.4 Å². The summed E-state index contributed by atoms with van der Waals surface area (Å²) in [6.07, 6.45) is 2.10. The van der Waals surface area contributed by atoms with Crippen LogP contribution in [0.3, 0.4) is 0 Å². The topological polar surface area (TPSA) is 6.48 Å². The van der Waals surface area contributed by atoms with E-state index in [2.05, 4.69) is 88.2 Å². The summed E-state index contributed by atoms with van der Waals surface area (Å²) in [5.41, 5.74) is 8.11. The van der Waals surface area contributed by atoms with Crippen molar-refractivity contribution in [2.75, 3.05) is 38.0 Å². The van der Waals surface area contributed by atoms with Crippen molar-refractivity contribution in [2.24, 2.45) is 0 Å². The smallest absolute Gasteiger partial charge is 0.0364 e. The Labute approximate surface area is 135 Å². The SMILES string of the molecule is CCc1cc(N(C)C)ccc1-c1ccc(N(C)C)cc1CC. The summed E-state index contributed by atoms with van der Waals surface area (Å²) >= 11 is 0. The minimum Gasteiger partial charge on any atom is -0.378 e. The summed E-state index contributed by atoms with van der Waals surface area (Å²) in [5, 5.41) is 0. The molecule has 0 radical (unpaired) electrons. The second kappa shape index (κ2) is 6.87. The molecule has 2 nitrogen and oxygen atoms in total. The average Bonchev–Trinajstić information content (AvgIpc) is 2.53. The van der Waals surface area contributed by atoms with E-state index in [9.17, 15) is 0 Å². The van der Waals surface area contributed by atoms with Gasteiger partial charge in [0.05, 0.1) is 0 Å². The van der Waals surface area contributed by atoms with Gasteiger partial charge in [0.1, 0.15) is 0 Å². The van der Waals surface area contributed by atoms with Gasteiger partial charge in [-0.25, -0.2) is 0 Å². The van der Waals surface area contributed by atoms with Crippen molar-refractivity contribution in [3.05, 3.63) is 47.5 Å². The molecule has 118 valence electrons. The highest BCUT2D eigenvalue weighted by atomic mass is 15.1. The van der Waals surface area contributed by atoms with Crippen molar-refractivity contribution in [2.45, 2.75) is 26.7 Å². The summed E-state index contributed by atoms with van der Waals surface area (Å²) in [5.74, 6) is 0. The maximum Gasteiger partial charge on any atom is 0.0364 e. The van der Waals surface area contributed by atoms with Crippen molar-refractivity contribution in [3.8, 4) is 11.1 Å². The van der Waals surface area contributed by atoms with Crippen LogP contribution in [0.1, 0.15) is 25.0 Å². The van der Waals surface area contributed by atoms with E-state index in [0.29, 0.717) is 0 Å². The highest BCUT2D eigenvalue weighted by molar-refractivity contribution is 5.75. The van der Waals surface area contributed by atoms with Gasteiger partial charge in [-0.3, -0.25) is 0 Å². The quantitative estimate of drug-likeness (QED) is 0.795. The van der Waals surface area contributed by atoms with Gasteiger partial charge in [0.2, 0.25) is 0 Å². The van der Waals surface area contributed by atoms with Gasteiger partial charge in [-0.2, -0.15) is 0 Å². The molecule has 0 N–H and O–H groups in total. The normalized spacial score (nSPS) is 10.6. The lowest BCUT2D eigenvalue weighted by Crippen LogP contribution is -2.10. The molecule has 0 heterocycles. The minimum absolute atomic E-state index is 1.05.